The van der Waals surface area contributed by atoms with E-state index < -0.39 is 0 Å². The predicted molar refractivity (Wildman–Crippen MR) is 67.3 cm³/mol. The zero-order chi connectivity index (χ0) is 10.8. The molecule has 1 saturated heterocycles. The summed E-state index contributed by atoms with van der Waals surface area (Å²) in [5, 5.41) is 0. The van der Waals surface area contributed by atoms with Gasteiger partial charge in [-0.05, 0) is 44.3 Å². The van der Waals surface area contributed by atoms with Crippen LogP contribution in [-0.2, 0) is 4.74 Å². The van der Waals surface area contributed by atoms with E-state index in [0.29, 0.717) is 6.04 Å². The van der Waals surface area contributed by atoms with Crippen LogP contribution in [0.15, 0.2) is 21.2 Å². The zero-order valence-electron chi connectivity index (χ0n) is 8.41. The van der Waals surface area contributed by atoms with E-state index in [9.17, 15) is 0 Å². The summed E-state index contributed by atoms with van der Waals surface area (Å²) in [6, 6.07) is 2.45. The van der Waals surface area contributed by atoms with E-state index in [-0.39, 0.29) is 0 Å². The fourth-order valence-corrected chi connectivity index (χ4v) is 2.93. The number of ether oxygens (including phenoxy) is 1. The summed E-state index contributed by atoms with van der Waals surface area (Å²) in [5.41, 5.74) is 0. The number of aromatic nitrogens is 1. The molecule has 0 spiro atoms. The van der Waals surface area contributed by atoms with Gasteiger partial charge in [0.25, 0.3) is 0 Å². The van der Waals surface area contributed by atoms with E-state index in [0.717, 1.165) is 34.4 Å². The Morgan fingerprint density at radius 1 is 1.53 bits per heavy atom. The molecule has 1 atom stereocenters. The molecule has 0 radical (unpaired) electrons. The van der Waals surface area contributed by atoms with E-state index in [1.165, 1.54) is 0 Å². The van der Waals surface area contributed by atoms with Crippen molar-refractivity contribution in [2.75, 3.05) is 25.2 Å². The molecule has 0 aliphatic carbocycles. The van der Waals surface area contributed by atoms with Gasteiger partial charge in [0.1, 0.15) is 5.82 Å². The fraction of sp³-hybridized carbons (Fsp3) is 0.500. The van der Waals surface area contributed by atoms with Gasteiger partial charge in [0.05, 0.1) is 17.1 Å². The highest BCUT2D eigenvalue weighted by Gasteiger charge is 2.22. The van der Waals surface area contributed by atoms with Crippen molar-refractivity contribution in [3.8, 4) is 0 Å². The van der Waals surface area contributed by atoms with Gasteiger partial charge in [0.15, 0.2) is 0 Å². The van der Waals surface area contributed by atoms with Crippen molar-refractivity contribution in [1.82, 2.24) is 4.98 Å². The molecule has 1 aromatic heterocycles. The zero-order valence-corrected chi connectivity index (χ0v) is 11.6. The van der Waals surface area contributed by atoms with Gasteiger partial charge < -0.3 is 9.64 Å². The first kappa shape index (κ1) is 11.4. The standard InChI is InChI=1S/C10H12Br2N2O/c1-14(8-2-3-15-6-8)10-9(12)4-7(11)5-13-10/h4-5,8H,2-3,6H2,1H3. The first-order valence-electron chi connectivity index (χ1n) is 4.80. The van der Waals surface area contributed by atoms with Gasteiger partial charge in [-0.3, -0.25) is 0 Å². The molecule has 2 rings (SSSR count). The van der Waals surface area contributed by atoms with E-state index in [1.54, 1.807) is 0 Å². The quantitative estimate of drug-likeness (QED) is 0.831. The molecule has 1 aromatic rings. The topological polar surface area (TPSA) is 25.4 Å². The molecule has 0 bridgehead atoms. The van der Waals surface area contributed by atoms with Gasteiger partial charge in [0, 0.05) is 24.3 Å². The van der Waals surface area contributed by atoms with Crippen LogP contribution < -0.4 is 4.90 Å². The van der Waals surface area contributed by atoms with Crippen LogP contribution in [0.3, 0.4) is 0 Å². The van der Waals surface area contributed by atoms with Gasteiger partial charge in [-0.2, -0.15) is 0 Å². The molecule has 3 nitrogen and oxygen atoms in total. The summed E-state index contributed by atoms with van der Waals surface area (Å²) in [4.78, 5) is 6.57. The Balaban J connectivity index is 2.20. The Hall–Kier alpha value is -0.130. The predicted octanol–water partition coefficient (Wildman–Crippen LogP) is 2.83. The Morgan fingerprint density at radius 2 is 2.33 bits per heavy atom. The maximum absolute atomic E-state index is 5.37. The Kier molecular flexibility index (Phi) is 3.64. The van der Waals surface area contributed by atoms with Crippen molar-refractivity contribution >= 4 is 37.7 Å². The molecule has 1 fully saturated rings. The van der Waals surface area contributed by atoms with Crippen molar-refractivity contribution in [3.63, 3.8) is 0 Å². The molecular formula is C10H12Br2N2O. The fourth-order valence-electron chi connectivity index (χ4n) is 1.67. The lowest BCUT2D eigenvalue weighted by atomic mass is 10.2. The first-order valence-corrected chi connectivity index (χ1v) is 6.38. The second-order valence-corrected chi connectivity index (χ2v) is 5.36. The molecule has 2 heterocycles. The number of hydrogen-bond acceptors (Lipinski definition) is 3. The molecule has 1 aliphatic heterocycles. The number of halogens is 2. The van der Waals surface area contributed by atoms with E-state index >= 15 is 0 Å². The summed E-state index contributed by atoms with van der Waals surface area (Å²) in [6.45, 7) is 1.64. The number of nitrogens with zero attached hydrogens (tertiary/aromatic N) is 2. The highest BCUT2D eigenvalue weighted by atomic mass is 79.9. The summed E-state index contributed by atoms with van der Waals surface area (Å²) >= 11 is 6.91. The highest BCUT2D eigenvalue weighted by Crippen LogP contribution is 2.28. The lowest BCUT2D eigenvalue weighted by Gasteiger charge is -2.25. The van der Waals surface area contributed by atoms with Crippen molar-refractivity contribution in [2.24, 2.45) is 0 Å². The van der Waals surface area contributed by atoms with Gasteiger partial charge in [-0.15, -0.1) is 0 Å². The van der Waals surface area contributed by atoms with Crippen LogP contribution in [0.2, 0.25) is 0 Å². The highest BCUT2D eigenvalue weighted by molar-refractivity contribution is 9.11. The summed E-state index contributed by atoms with van der Waals surface area (Å²) < 4.78 is 7.36. The van der Waals surface area contributed by atoms with Gasteiger partial charge in [-0.25, -0.2) is 4.98 Å². The van der Waals surface area contributed by atoms with Gasteiger partial charge >= 0.3 is 0 Å². The summed E-state index contributed by atoms with van der Waals surface area (Å²) in [6.07, 6.45) is 2.88. The van der Waals surface area contributed by atoms with Crippen LogP contribution in [0.4, 0.5) is 5.82 Å². The minimum absolute atomic E-state index is 0.440. The van der Waals surface area contributed by atoms with Crippen molar-refractivity contribution in [1.29, 1.82) is 0 Å². The third-order valence-electron chi connectivity index (χ3n) is 2.58. The monoisotopic (exact) mass is 334 g/mol. The molecule has 0 amide bonds. The molecule has 0 N–H and O–H groups in total. The number of likely N-dealkylation sites (N-methyl/N-ethyl adjacent to an activating group) is 1. The maximum Gasteiger partial charge on any atom is 0.143 e. The molecule has 15 heavy (non-hydrogen) atoms. The third-order valence-corrected chi connectivity index (χ3v) is 3.59. The average Bonchev–Trinajstić information content (AvgIpc) is 2.69. The second-order valence-electron chi connectivity index (χ2n) is 3.59. The second kappa shape index (κ2) is 4.80. The lowest BCUT2D eigenvalue weighted by Crippen LogP contribution is -2.32. The van der Waals surface area contributed by atoms with Crippen molar-refractivity contribution in [2.45, 2.75) is 12.5 Å². The summed E-state index contributed by atoms with van der Waals surface area (Å²) in [7, 11) is 2.06. The van der Waals surface area contributed by atoms with Crippen LogP contribution in [0, 0.1) is 0 Å². The molecule has 0 aromatic carbocycles. The van der Waals surface area contributed by atoms with Crippen LogP contribution in [0.5, 0.6) is 0 Å². The lowest BCUT2D eigenvalue weighted by molar-refractivity contribution is 0.193. The number of anilines is 1. The Morgan fingerprint density at radius 3 is 2.93 bits per heavy atom. The molecule has 1 unspecified atom stereocenters. The van der Waals surface area contributed by atoms with E-state index in [2.05, 4.69) is 48.8 Å². The van der Waals surface area contributed by atoms with Crippen LogP contribution >= 0.6 is 31.9 Å². The maximum atomic E-state index is 5.37. The minimum atomic E-state index is 0.440. The third kappa shape index (κ3) is 2.52. The first-order chi connectivity index (χ1) is 7.18. The number of hydrogen-bond donors (Lipinski definition) is 0. The van der Waals surface area contributed by atoms with Crippen molar-refractivity contribution < 1.29 is 4.74 Å². The van der Waals surface area contributed by atoms with Crippen LogP contribution in [0.25, 0.3) is 0 Å². The SMILES string of the molecule is CN(c1ncc(Br)cc1Br)C1CCOC1. The molecule has 0 saturated carbocycles. The molecule has 5 heteroatoms. The smallest absolute Gasteiger partial charge is 0.143 e. The molecule has 82 valence electrons. The number of rotatable bonds is 2. The molecule has 1 aliphatic rings. The van der Waals surface area contributed by atoms with Gasteiger partial charge in [0.2, 0.25) is 0 Å². The molecular weight excluding hydrogens is 324 g/mol. The normalized spacial score (nSPS) is 20.6. The van der Waals surface area contributed by atoms with E-state index in [1.807, 2.05) is 12.3 Å². The average molecular weight is 336 g/mol. The van der Waals surface area contributed by atoms with Gasteiger partial charge in [-0.1, -0.05) is 0 Å². The summed E-state index contributed by atoms with van der Waals surface area (Å²) in [5.74, 6) is 0.966. The van der Waals surface area contributed by atoms with Crippen LogP contribution in [-0.4, -0.2) is 31.3 Å². The van der Waals surface area contributed by atoms with Crippen molar-refractivity contribution in [3.05, 3.63) is 21.2 Å². The van der Waals surface area contributed by atoms with E-state index in [4.69, 9.17) is 4.74 Å². The Labute approximate surface area is 106 Å². The largest absolute Gasteiger partial charge is 0.379 e. The van der Waals surface area contributed by atoms with Crippen LogP contribution in [0.1, 0.15) is 6.42 Å². The number of pyridine rings is 1. The Bertz CT molecular complexity index is 353. The minimum Gasteiger partial charge on any atom is -0.379 e.